The van der Waals surface area contributed by atoms with E-state index in [1.54, 1.807) is 24.3 Å². The third kappa shape index (κ3) is 5.98. The quantitative estimate of drug-likeness (QED) is 0.444. The van der Waals surface area contributed by atoms with Crippen molar-refractivity contribution in [2.24, 2.45) is 0 Å². The molecule has 0 spiro atoms. The average Bonchev–Trinajstić information content (AvgIpc) is 2.74. The van der Waals surface area contributed by atoms with Gasteiger partial charge in [-0.05, 0) is 29.8 Å². The number of nitrogens with zero attached hydrogens (tertiary/aromatic N) is 2. The summed E-state index contributed by atoms with van der Waals surface area (Å²) in [6, 6.07) is 12.4. The molecule has 1 aromatic heterocycles. The lowest BCUT2D eigenvalue weighted by Gasteiger charge is -2.09. The molecule has 2 aromatic carbocycles. The van der Waals surface area contributed by atoms with Crippen LogP contribution in [0.2, 0.25) is 0 Å². The highest BCUT2D eigenvalue weighted by molar-refractivity contribution is 7.90. The summed E-state index contributed by atoms with van der Waals surface area (Å²) >= 11 is 0. The van der Waals surface area contributed by atoms with Gasteiger partial charge in [-0.25, -0.2) is 23.1 Å². The van der Waals surface area contributed by atoms with Gasteiger partial charge in [0.05, 0.1) is 16.8 Å². The summed E-state index contributed by atoms with van der Waals surface area (Å²) in [4.78, 5) is 43.3. The number of Topliss-reactive ketones (excluding diaryl/α,β-unsaturated/α-hetero) is 1. The van der Waals surface area contributed by atoms with Crippen molar-refractivity contribution in [1.29, 1.82) is 0 Å². The van der Waals surface area contributed by atoms with E-state index in [-0.39, 0.29) is 28.7 Å². The predicted octanol–water partition coefficient (Wildman–Crippen LogP) is 1.93. The smallest absolute Gasteiger partial charge is 0.264 e. The van der Waals surface area contributed by atoms with Crippen molar-refractivity contribution in [3.05, 3.63) is 66.0 Å². The van der Waals surface area contributed by atoms with E-state index in [1.165, 1.54) is 37.4 Å². The van der Waals surface area contributed by atoms with Crippen LogP contribution in [-0.4, -0.2) is 36.0 Å². The van der Waals surface area contributed by atoms with Gasteiger partial charge < -0.3 is 11.1 Å². The van der Waals surface area contributed by atoms with Gasteiger partial charge >= 0.3 is 0 Å². The Morgan fingerprint density at radius 2 is 1.58 bits per heavy atom. The molecule has 4 N–H and O–H groups in total. The number of aromatic nitrogens is 2. The number of ketones is 1. The molecule has 1 heterocycles. The standard InChI is InChI=1S/C22H21N5O5S/c1-13(28)25-17-7-5-16(6-8-17)19-12-24-22(23)21(26-19)20(30)11-15-3-9-18(10-4-15)33(31,32)27-14(2)29/h3-10,12H,11H2,1-2H3,(H2,23,24)(H,25,28)(H,27,29). The monoisotopic (exact) mass is 467 g/mol. The number of carbonyl (C=O) groups is 3. The Morgan fingerprint density at radius 3 is 2.15 bits per heavy atom. The van der Waals surface area contributed by atoms with E-state index >= 15 is 0 Å². The molecule has 0 aliphatic carbocycles. The molecule has 0 bridgehead atoms. The molecule has 0 unspecified atom stereocenters. The van der Waals surface area contributed by atoms with Crippen LogP contribution in [0.15, 0.2) is 59.6 Å². The second-order valence-corrected chi connectivity index (χ2v) is 8.84. The molecular formula is C22H21N5O5S. The number of anilines is 2. The Bertz CT molecular complexity index is 1320. The van der Waals surface area contributed by atoms with Crippen LogP contribution >= 0.6 is 0 Å². The van der Waals surface area contributed by atoms with Gasteiger partial charge in [-0.3, -0.25) is 14.4 Å². The molecule has 0 aliphatic rings. The molecule has 10 nitrogen and oxygen atoms in total. The lowest BCUT2D eigenvalue weighted by molar-refractivity contribution is -0.117. The molecule has 11 heteroatoms. The van der Waals surface area contributed by atoms with Crippen molar-refractivity contribution in [2.75, 3.05) is 11.1 Å². The van der Waals surface area contributed by atoms with Gasteiger partial charge in [-0.2, -0.15) is 0 Å². The fourth-order valence-electron chi connectivity index (χ4n) is 2.97. The summed E-state index contributed by atoms with van der Waals surface area (Å²) in [6.07, 6.45) is 1.37. The fraction of sp³-hybridized carbons (Fsp3) is 0.136. The second-order valence-electron chi connectivity index (χ2n) is 7.15. The molecule has 3 rings (SSSR count). The molecule has 0 radical (unpaired) electrons. The van der Waals surface area contributed by atoms with Crippen molar-refractivity contribution in [3.63, 3.8) is 0 Å². The molecular weight excluding hydrogens is 446 g/mol. The summed E-state index contributed by atoms with van der Waals surface area (Å²) in [5.74, 6) is -1.31. The van der Waals surface area contributed by atoms with Gasteiger partial charge in [-0.15, -0.1) is 0 Å². The van der Waals surface area contributed by atoms with E-state index < -0.39 is 21.7 Å². The highest BCUT2D eigenvalue weighted by atomic mass is 32.2. The topological polar surface area (TPSA) is 161 Å². The van der Waals surface area contributed by atoms with Crippen molar-refractivity contribution >= 4 is 39.1 Å². The largest absolute Gasteiger partial charge is 0.382 e. The van der Waals surface area contributed by atoms with Crippen molar-refractivity contribution < 1.29 is 22.8 Å². The van der Waals surface area contributed by atoms with Crippen molar-refractivity contribution in [1.82, 2.24) is 14.7 Å². The van der Waals surface area contributed by atoms with Gasteiger partial charge in [0, 0.05) is 31.5 Å². The second kappa shape index (κ2) is 9.57. The number of nitrogens with one attached hydrogen (secondary N) is 2. The van der Waals surface area contributed by atoms with Crippen LogP contribution in [-0.2, 0) is 26.0 Å². The maximum Gasteiger partial charge on any atom is 0.264 e. The third-order valence-electron chi connectivity index (χ3n) is 4.44. The predicted molar refractivity (Wildman–Crippen MR) is 122 cm³/mol. The third-order valence-corrected chi connectivity index (χ3v) is 5.89. The first-order valence-corrected chi connectivity index (χ1v) is 11.2. The summed E-state index contributed by atoms with van der Waals surface area (Å²) in [6.45, 7) is 2.51. The minimum Gasteiger partial charge on any atom is -0.382 e. The number of sulfonamides is 1. The van der Waals surface area contributed by atoms with Gasteiger partial charge in [-0.1, -0.05) is 24.3 Å². The van der Waals surface area contributed by atoms with E-state index in [2.05, 4.69) is 15.3 Å². The number of nitrogens with two attached hydrogens (primary N) is 1. The number of rotatable bonds is 7. The first kappa shape index (κ1) is 23.5. The summed E-state index contributed by atoms with van der Waals surface area (Å²) in [5.41, 5.74) is 8.12. The zero-order chi connectivity index (χ0) is 24.2. The highest BCUT2D eigenvalue weighted by Gasteiger charge is 2.18. The molecule has 0 atom stereocenters. The Balaban J connectivity index is 1.79. The maximum atomic E-state index is 12.8. The van der Waals surface area contributed by atoms with Gasteiger partial charge in [0.25, 0.3) is 10.0 Å². The lowest BCUT2D eigenvalue weighted by Crippen LogP contribution is -2.28. The lowest BCUT2D eigenvalue weighted by atomic mass is 10.1. The minimum atomic E-state index is -3.96. The van der Waals surface area contributed by atoms with E-state index in [0.717, 1.165) is 6.92 Å². The molecule has 170 valence electrons. The molecule has 33 heavy (non-hydrogen) atoms. The Labute approximate surface area is 190 Å². The first-order chi connectivity index (χ1) is 15.5. The Kier molecular flexibility index (Phi) is 6.83. The summed E-state index contributed by atoms with van der Waals surface area (Å²) in [5, 5.41) is 2.66. The van der Waals surface area contributed by atoms with E-state index in [9.17, 15) is 22.8 Å². The maximum absolute atomic E-state index is 12.8. The zero-order valence-electron chi connectivity index (χ0n) is 17.8. The van der Waals surface area contributed by atoms with Crippen LogP contribution in [0.3, 0.4) is 0 Å². The van der Waals surface area contributed by atoms with Crippen LogP contribution in [0.25, 0.3) is 11.3 Å². The normalized spacial score (nSPS) is 11.0. The van der Waals surface area contributed by atoms with Gasteiger partial charge in [0.1, 0.15) is 5.69 Å². The zero-order valence-corrected chi connectivity index (χ0v) is 18.6. The summed E-state index contributed by atoms with van der Waals surface area (Å²) < 4.78 is 25.9. The van der Waals surface area contributed by atoms with E-state index in [1.807, 2.05) is 4.72 Å². The molecule has 0 aliphatic heterocycles. The van der Waals surface area contributed by atoms with Gasteiger partial charge in [0.15, 0.2) is 11.6 Å². The molecule has 0 fully saturated rings. The fourth-order valence-corrected chi connectivity index (χ4v) is 3.96. The molecule has 2 amide bonds. The van der Waals surface area contributed by atoms with Crippen molar-refractivity contribution in [3.8, 4) is 11.3 Å². The number of hydrogen-bond donors (Lipinski definition) is 3. The SMILES string of the molecule is CC(=O)Nc1ccc(-c2cnc(N)c(C(=O)Cc3ccc(S(=O)(=O)NC(C)=O)cc3)n2)cc1. The van der Waals surface area contributed by atoms with Crippen LogP contribution < -0.4 is 15.8 Å². The number of benzene rings is 2. The van der Waals surface area contributed by atoms with Crippen LogP contribution in [0.5, 0.6) is 0 Å². The minimum absolute atomic E-state index is 0.00613. The summed E-state index contributed by atoms with van der Waals surface area (Å²) in [7, 11) is -3.96. The number of carbonyl (C=O) groups excluding carboxylic acids is 3. The highest BCUT2D eigenvalue weighted by Crippen LogP contribution is 2.22. The first-order valence-electron chi connectivity index (χ1n) is 9.71. The molecule has 0 saturated heterocycles. The van der Waals surface area contributed by atoms with Crippen molar-refractivity contribution in [2.45, 2.75) is 25.2 Å². The van der Waals surface area contributed by atoms with E-state index in [4.69, 9.17) is 5.73 Å². The molecule has 0 saturated carbocycles. The van der Waals surface area contributed by atoms with Crippen LogP contribution in [0.4, 0.5) is 11.5 Å². The van der Waals surface area contributed by atoms with Crippen LogP contribution in [0, 0.1) is 0 Å². The van der Waals surface area contributed by atoms with E-state index in [0.29, 0.717) is 22.5 Å². The number of nitrogen functional groups attached to an aromatic ring is 1. The average molecular weight is 468 g/mol. The Hall–Kier alpha value is -4.12. The van der Waals surface area contributed by atoms with Crippen LogP contribution in [0.1, 0.15) is 29.9 Å². The number of hydrogen-bond acceptors (Lipinski definition) is 8. The Morgan fingerprint density at radius 1 is 0.939 bits per heavy atom. The van der Waals surface area contributed by atoms with Gasteiger partial charge in [0.2, 0.25) is 11.8 Å². The number of amides is 2. The molecule has 3 aromatic rings.